The van der Waals surface area contributed by atoms with Crippen molar-refractivity contribution in [2.45, 2.75) is 26.4 Å². The Bertz CT molecular complexity index is 269. The first-order chi connectivity index (χ1) is 8.44. The fourth-order valence-electron chi connectivity index (χ4n) is 2.22. The highest BCUT2D eigenvalue weighted by molar-refractivity contribution is 5.78. The number of hydrogen-bond donors (Lipinski definition) is 2. The third-order valence-corrected chi connectivity index (χ3v) is 3.19. The van der Waals surface area contributed by atoms with E-state index in [-0.39, 0.29) is 17.4 Å². The molecule has 5 heteroatoms. The van der Waals surface area contributed by atoms with Crippen LogP contribution in [0.4, 0.5) is 0 Å². The summed E-state index contributed by atoms with van der Waals surface area (Å²) in [5, 5.41) is 5.99. The van der Waals surface area contributed by atoms with Crippen LogP contribution >= 0.6 is 0 Å². The Kier molecular flexibility index (Phi) is 6.05. The van der Waals surface area contributed by atoms with Gasteiger partial charge in [-0.05, 0) is 20.9 Å². The Morgan fingerprint density at radius 2 is 2.22 bits per heavy atom. The Morgan fingerprint density at radius 3 is 2.83 bits per heavy atom. The lowest BCUT2D eigenvalue weighted by molar-refractivity contribution is -0.124. The van der Waals surface area contributed by atoms with E-state index in [1.165, 1.54) is 0 Å². The van der Waals surface area contributed by atoms with Crippen LogP contribution in [0.15, 0.2) is 0 Å². The first-order valence-electron chi connectivity index (χ1n) is 6.73. The number of rotatable bonds is 6. The van der Waals surface area contributed by atoms with Crippen molar-refractivity contribution in [3.8, 4) is 0 Å². The zero-order valence-corrected chi connectivity index (χ0v) is 12.1. The summed E-state index contributed by atoms with van der Waals surface area (Å²) in [6.45, 7) is 11.1. The van der Waals surface area contributed by atoms with E-state index >= 15 is 0 Å². The van der Waals surface area contributed by atoms with Crippen molar-refractivity contribution in [2.75, 3.05) is 46.4 Å². The summed E-state index contributed by atoms with van der Waals surface area (Å²) in [6.07, 6.45) is 0. The number of nitrogens with zero attached hydrogens (tertiary/aromatic N) is 1. The minimum absolute atomic E-state index is 0.0242. The molecule has 2 N–H and O–H groups in total. The predicted molar refractivity (Wildman–Crippen MR) is 72.6 cm³/mol. The lowest BCUT2D eigenvalue weighted by Crippen LogP contribution is -2.50. The number of carbonyl (C=O) groups excluding carboxylic acids is 1. The Balaban J connectivity index is 2.19. The molecule has 18 heavy (non-hydrogen) atoms. The molecule has 0 spiro atoms. The summed E-state index contributed by atoms with van der Waals surface area (Å²) < 4.78 is 5.66. The number of carbonyl (C=O) groups is 1. The number of hydrogen-bond acceptors (Lipinski definition) is 4. The summed E-state index contributed by atoms with van der Waals surface area (Å²) in [5.41, 5.74) is -0.0678. The molecule has 0 bridgehead atoms. The molecule has 1 amide bonds. The van der Waals surface area contributed by atoms with Crippen molar-refractivity contribution in [3.63, 3.8) is 0 Å². The van der Waals surface area contributed by atoms with Crippen molar-refractivity contribution in [2.24, 2.45) is 5.92 Å². The minimum atomic E-state index is -0.0678. The van der Waals surface area contributed by atoms with E-state index in [0.717, 1.165) is 32.8 Å². The molecule has 0 radical (unpaired) electrons. The molecule has 0 aromatic carbocycles. The second-order valence-corrected chi connectivity index (χ2v) is 5.63. The Labute approximate surface area is 110 Å². The molecule has 0 aromatic heterocycles. The van der Waals surface area contributed by atoms with Gasteiger partial charge in [0.15, 0.2) is 0 Å². The van der Waals surface area contributed by atoms with Gasteiger partial charge in [0.25, 0.3) is 0 Å². The molecular formula is C13H27N3O2. The van der Waals surface area contributed by atoms with Gasteiger partial charge in [0.1, 0.15) is 0 Å². The van der Waals surface area contributed by atoms with Crippen molar-refractivity contribution in [1.82, 2.24) is 15.5 Å². The molecule has 1 aliphatic heterocycles. The standard InChI is InChI=1S/C13H27N3O2/c1-11(9-14-4)12(17)15-5-6-16-7-8-18-13(2,3)10-16/h11,14H,5-10H2,1-4H3,(H,15,17). The van der Waals surface area contributed by atoms with Gasteiger partial charge in [-0.1, -0.05) is 6.92 Å². The Morgan fingerprint density at radius 1 is 1.50 bits per heavy atom. The van der Waals surface area contributed by atoms with Crippen LogP contribution < -0.4 is 10.6 Å². The van der Waals surface area contributed by atoms with E-state index in [9.17, 15) is 4.79 Å². The maximum atomic E-state index is 11.7. The first-order valence-corrected chi connectivity index (χ1v) is 6.73. The van der Waals surface area contributed by atoms with Gasteiger partial charge in [-0.25, -0.2) is 0 Å². The first kappa shape index (κ1) is 15.4. The molecule has 5 nitrogen and oxygen atoms in total. The topological polar surface area (TPSA) is 53.6 Å². The van der Waals surface area contributed by atoms with Crippen molar-refractivity contribution in [3.05, 3.63) is 0 Å². The quantitative estimate of drug-likeness (QED) is 0.707. The molecule has 0 aliphatic carbocycles. The summed E-state index contributed by atoms with van der Waals surface area (Å²) >= 11 is 0. The third-order valence-electron chi connectivity index (χ3n) is 3.19. The number of morpholine rings is 1. The van der Waals surface area contributed by atoms with Crippen LogP contribution in [0.25, 0.3) is 0 Å². The van der Waals surface area contributed by atoms with Crippen LogP contribution in [0.5, 0.6) is 0 Å². The molecule has 1 rings (SSSR count). The largest absolute Gasteiger partial charge is 0.373 e. The zero-order valence-electron chi connectivity index (χ0n) is 12.1. The summed E-state index contributed by atoms with van der Waals surface area (Å²) in [4.78, 5) is 14.0. The highest BCUT2D eigenvalue weighted by Crippen LogP contribution is 2.15. The van der Waals surface area contributed by atoms with Gasteiger partial charge in [-0.2, -0.15) is 0 Å². The fourth-order valence-corrected chi connectivity index (χ4v) is 2.22. The van der Waals surface area contributed by atoms with E-state index in [1.54, 1.807) is 0 Å². The van der Waals surface area contributed by atoms with Crippen LogP contribution in [-0.4, -0.2) is 62.8 Å². The van der Waals surface area contributed by atoms with E-state index in [0.29, 0.717) is 6.54 Å². The van der Waals surface area contributed by atoms with Crippen molar-refractivity contribution in [1.29, 1.82) is 0 Å². The smallest absolute Gasteiger partial charge is 0.224 e. The predicted octanol–water partition coefficient (Wildman–Crippen LogP) is 0.0689. The maximum Gasteiger partial charge on any atom is 0.224 e. The Hall–Kier alpha value is -0.650. The number of nitrogens with one attached hydrogen (secondary N) is 2. The van der Waals surface area contributed by atoms with Crippen LogP contribution in [0.3, 0.4) is 0 Å². The molecule has 106 valence electrons. The van der Waals surface area contributed by atoms with Gasteiger partial charge in [0, 0.05) is 38.6 Å². The molecule has 1 unspecified atom stereocenters. The zero-order chi connectivity index (χ0) is 13.6. The van der Waals surface area contributed by atoms with Gasteiger partial charge in [-0.3, -0.25) is 9.69 Å². The molecular weight excluding hydrogens is 230 g/mol. The number of amides is 1. The minimum Gasteiger partial charge on any atom is -0.373 e. The third kappa shape index (κ3) is 5.33. The summed E-state index contributed by atoms with van der Waals surface area (Å²) in [6, 6.07) is 0. The van der Waals surface area contributed by atoms with Gasteiger partial charge >= 0.3 is 0 Å². The summed E-state index contributed by atoms with van der Waals surface area (Å²) in [5.74, 6) is 0.146. The maximum absolute atomic E-state index is 11.7. The molecule has 1 fully saturated rings. The van der Waals surface area contributed by atoms with Crippen LogP contribution in [0, 0.1) is 5.92 Å². The second-order valence-electron chi connectivity index (χ2n) is 5.63. The fraction of sp³-hybridized carbons (Fsp3) is 0.923. The molecule has 1 saturated heterocycles. The SMILES string of the molecule is CNCC(C)C(=O)NCCN1CCOC(C)(C)C1. The average molecular weight is 257 g/mol. The molecule has 1 heterocycles. The highest BCUT2D eigenvalue weighted by atomic mass is 16.5. The van der Waals surface area contributed by atoms with E-state index in [1.807, 2.05) is 14.0 Å². The van der Waals surface area contributed by atoms with E-state index < -0.39 is 0 Å². The second kappa shape index (κ2) is 7.07. The van der Waals surface area contributed by atoms with Gasteiger partial charge < -0.3 is 15.4 Å². The average Bonchev–Trinajstić information content (AvgIpc) is 2.28. The lowest BCUT2D eigenvalue weighted by atomic mass is 10.1. The van der Waals surface area contributed by atoms with E-state index in [4.69, 9.17) is 4.74 Å². The lowest BCUT2D eigenvalue weighted by Gasteiger charge is -2.38. The van der Waals surface area contributed by atoms with Gasteiger partial charge in [-0.15, -0.1) is 0 Å². The van der Waals surface area contributed by atoms with Gasteiger partial charge in [0.2, 0.25) is 5.91 Å². The molecule has 0 saturated carbocycles. The number of ether oxygens (including phenoxy) is 1. The molecule has 1 aliphatic rings. The van der Waals surface area contributed by atoms with Crippen LogP contribution in [0.2, 0.25) is 0 Å². The normalized spacial score (nSPS) is 21.6. The molecule has 0 aromatic rings. The van der Waals surface area contributed by atoms with Crippen LogP contribution in [-0.2, 0) is 9.53 Å². The molecule has 1 atom stereocenters. The van der Waals surface area contributed by atoms with Crippen molar-refractivity contribution < 1.29 is 9.53 Å². The highest BCUT2D eigenvalue weighted by Gasteiger charge is 2.26. The van der Waals surface area contributed by atoms with E-state index in [2.05, 4.69) is 29.4 Å². The monoisotopic (exact) mass is 257 g/mol. The van der Waals surface area contributed by atoms with Gasteiger partial charge in [0.05, 0.1) is 12.2 Å². The van der Waals surface area contributed by atoms with Crippen LogP contribution in [0.1, 0.15) is 20.8 Å². The summed E-state index contributed by atoms with van der Waals surface area (Å²) in [7, 11) is 1.86. The van der Waals surface area contributed by atoms with Crippen molar-refractivity contribution >= 4 is 5.91 Å².